The van der Waals surface area contributed by atoms with E-state index in [1.54, 1.807) is 17.0 Å². The molecule has 6 heteroatoms. The number of hydrogen-bond donors (Lipinski definition) is 1. The van der Waals surface area contributed by atoms with Gasteiger partial charge < -0.3 is 14.7 Å². The van der Waals surface area contributed by atoms with Gasteiger partial charge in [-0.05, 0) is 36.5 Å². The lowest BCUT2D eigenvalue weighted by molar-refractivity contribution is -0.0342. The highest BCUT2D eigenvalue weighted by Crippen LogP contribution is 2.41. The summed E-state index contributed by atoms with van der Waals surface area (Å²) in [5, 5.41) is 11.7. The van der Waals surface area contributed by atoms with Crippen molar-refractivity contribution < 1.29 is 19.0 Å². The number of unbranched alkanes of at least 4 members (excludes halogenated alkanes) is 1. The minimum Gasteiger partial charge on any atom is -0.449 e. The number of carbonyl (C=O) groups excluding carboxylic acids is 1. The number of amides is 1. The normalized spacial score (nSPS) is 19.3. The molecule has 35 heavy (non-hydrogen) atoms. The Balaban J connectivity index is 1.46. The molecule has 4 rings (SSSR count). The predicted molar refractivity (Wildman–Crippen MR) is 137 cm³/mol. The summed E-state index contributed by atoms with van der Waals surface area (Å²) in [6.07, 6.45) is 6.53. The summed E-state index contributed by atoms with van der Waals surface area (Å²) >= 11 is 0. The summed E-state index contributed by atoms with van der Waals surface area (Å²) < 4.78 is 19.7. The van der Waals surface area contributed by atoms with E-state index in [1.165, 1.54) is 12.5 Å². The van der Waals surface area contributed by atoms with Crippen molar-refractivity contribution in [2.75, 3.05) is 39.3 Å². The Morgan fingerprint density at radius 3 is 2.37 bits per heavy atom. The third kappa shape index (κ3) is 6.42. The second-order valence-corrected chi connectivity index (χ2v) is 10.1. The molecule has 0 spiro atoms. The Labute approximate surface area is 208 Å². The molecule has 1 amide bonds. The number of aliphatic hydroxyl groups is 1. The molecule has 1 aliphatic heterocycles. The van der Waals surface area contributed by atoms with Crippen LogP contribution in [0.25, 0.3) is 11.1 Å². The van der Waals surface area contributed by atoms with Gasteiger partial charge in [-0.1, -0.05) is 75.1 Å². The first kappa shape index (κ1) is 25.6. The van der Waals surface area contributed by atoms with Crippen LogP contribution in [0.5, 0.6) is 0 Å². The van der Waals surface area contributed by atoms with Gasteiger partial charge in [0.1, 0.15) is 5.82 Å². The average molecular weight is 483 g/mol. The number of benzene rings is 2. The molecule has 1 atom stereocenters. The fourth-order valence-corrected chi connectivity index (χ4v) is 5.45. The fraction of sp³-hybridized carbons (Fsp3) is 0.552. The van der Waals surface area contributed by atoms with Crippen molar-refractivity contribution >= 4 is 6.09 Å². The molecular weight excluding hydrogens is 443 g/mol. The Hall–Kier alpha value is -2.44. The molecular formula is C29H39FN2O3. The van der Waals surface area contributed by atoms with Gasteiger partial charge >= 0.3 is 6.09 Å². The number of ether oxygens (including phenoxy) is 1. The van der Waals surface area contributed by atoms with E-state index in [0.717, 1.165) is 69.3 Å². The van der Waals surface area contributed by atoms with E-state index in [1.807, 2.05) is 18.2 Å². The van der Waals surface area contributed by atoms with Gasteiger partial charge in [0, 0.05) is 44.2 Å². The van der Waals surface area contributed by atoms with Gasteiger partial charge in [-0.15, -0.1) is 0 Å². The molecule has 0 radical (unpaired) electrons. The number of piperazine rings is 1. The van der Waals surface area contributed by atoms with Gasteiger partial charge in [0.15, 0.2) is 0 Å². The molecule has 5 nitrogen and oxygen atoms in total. The molecule has 0 bridgehead atoms. The summed E-state index contributed by atoms with van der Waals surface area (Å²) in [5.41, 5.74) is 1.79. The monoisotopic (exact) mass is 482 g/mol. The Kier molecular flexibility index (Phi) is 8.79. The van der Waals surface area contributed by atoms with Crippen LogP contribution in [0.1, 0.15) is 63.4 Å². The van der Waals surface area contributed by atoms with Crippen LogP contribution in [0.3, 0.4) is 0 Å². The summed E-state index contributed by atoms with van der Waals surface area (Å²) in [7, 11) is 0. The van der Waals surface area contributed by atoms with Crippen molar-refractivity contribution in [1.82, 2.24) is 9.80 Å². The molecule has 0 aromatic heterocycles. The first-order chi connectivity index (χ1) is 17.0. The van der Waals surface area contributed by atoms with Gasteiger partial charge in [-0.25, -0.2) is 9.18 Å². The van der Waals surface area contributed by atoms with Crippen LogP contribution in [-0.4, -0.2) is 65.9 Å². The largest absolute Gasteiger partial charge is 0.449 e. The van der Waals surface area contributed by atoms with Crippen molar-refractivity contribution in [2.45, 2.75) is 63.4 Å². The van der Waals surface area contributed by atoms with Crippen LogP contribution in [0, 0.1) is 5.82 Å². The van der Waals surface area contributed by atoms with Gasteiger partial charge in [-0.2, -0.15) is 0 Å². The van der Waals surface area contributed by atoms with E-state index in [9.17, 15) is 14.3 Å². The number of hydrogen-bond acceptors (Lipinski definition) is 4. The van der Waals surface area contributed by atoms with Crippen LogP contribution in [-0.2, 0) is 4.74 Å². The van der Waals surface area contributed by atoms with E-state index in [0.29, 0.717) is 25.3 Å². The molecule has 2 fully saturated rings. The summed E-state index contributed by atoms with van der Waals surface area (Å²) in [6, 6.07) is 14.9. The van der Waals surface area contributed by atoms with Crippen LogP contribution >= 0.6 is 0 Å². The zero-order valence-corrected chi connectivity index (χ0v) is 20.9. The first-order valence-corrected chi connectivity index (χ1v) is 13.2. The zero-order valence-electron chi connectivity index (χ0n) is 20.9. The van der Waals surface area contributed by atoms with Crippen molar-refractivity contribution in [3.8, 4) is 11.1 Å². The predicted octanol–water partition coefficient (Wildman–Crippen LogP) is 5.83. The molecule has 1 saturated heterocycles. The van der Waals surface area contributed by atoms with Crippen molar-refractivity contribution in [2.24, 2.45) is 0 Å². The summed E-state index contributed by atoms with van der Waals surface area (Å²) in [4.78, 5) is 16.5. The van der Waals surface area contributed by atoms with Crippen molar-refractivity contribution in [1.29, 1.82) is 0 Å². The van der Waals surface area contributed by atoms with Crippen LogP contribution in [0.15, 0.2) is 48.5 Å². The smallest absolute Gasteiger partial charge is 0.409 e. The van der Waals surface area contributed by atoms with Crippen molar-refractivity contribution in [3.05, 3.63) is 59.9 Å². The first-order valence-electron chi connectivity index (χ1n) is 13.2. The average Bonchev–Trinajstić information content (AvgIpc) is 2.88. The molecule has 2 aromatic rings. The number of rotatable bonds is 8. The number of carbonyl (C=O) groups is 1. The Bertz CT molecular complexity index is 951. The van der Waals surface area contributed by atoms with Crippen LogP contribution in [0.2, 0.25) is 0 Å². The maximum absolute atomic E-state index is 14.3. The molecule has 1 saturated carbocycles. The van der Waals surface area contributed by atoms with E-state index in [4.69, 9.17) is 4.74 Å². The third-order valence-corrected chi connectivity index (χ3v) is 7.66. The SMILES string of the molecule is CCCCOC(=O)N1CCN(CC(c2ccc(-c3ccccc3F)cc2)C2(O)CCCCC2)CC1. The zero-order chi connectivity index (χ0) is 24.7. The number of halogens is 1. The van der Waals surface area contributed by atoms with Crippen LogP contribution in [0.4, 0.5) is 9.18 Å². The highest BCUT2D eigenvalue weighted by Gasteiger charge is 2.40. The highest BCUT2D eigenvalue weighted by molar-refractivity contribution is 5.67. The van der Waals surface area contributed by atoms with Gasteiger partial charge in [-0.3, -0.25) is 4.90 Å². The second kappa shape index (κ2) is 12.0. The molecule has 1 aliphatic carbocycles. The van der Waals surface area contributed by atoms with E-state index >= 15 is 0 Å². The minimum absolute atomic E-state index is 0.0273. The Morgan fingerprint density at radius 2 is 1.71 bits per heavy atom. The lowest BCUT2D eigenvalue weighted by atomic mass is 9.72. The maximum Gasteiger partial charge on any atom is 0.409 e. The molecule has 1 unspecified atom stereocenters. The van der Waals surface area contributed by atoms with E-state index in [-0.39, 0.29) is 17.8 Å². The molecule has 2 aliphatic rings. The molecule has 1 N–H and O–H groups in total. The van der Waals surface area contributed by atoms with Gasteiger partial charge in [0.25, 0.3) is 0 Å². The van der Waals surface area contributed by atoms with Crippen LogP contribution < -0.4 is 0 Å². The summed E-state index contributed by atoms with van der Waals surface area (Å²) in [6.45, 7) is 6.12. The second-order valence-electron chi connectivity index (χ2n) is 10.1. The molecule has 2 aromatic carbocycles. The van der Waals surface area contributed by atoms with E-state index in [2.05, 4.69) is 24.0 Å². The van der Waals surface area contributed by atoms with E-state index < -0.39 is 5.60 Å². The standard InChI is InChI=1S/C29H39FN2O3/c1-2-3-21-35-28(33)32-19-17-31(18-20-32)22-26(29(34)15-7-4-8-16-29)24-13-11-23(12-14-24)25-9-5-6-10-27(25)30/h5-6,9-14,26,34H,2-4,7-8,15-22H2,1H3. The maximum atomic E-state index is 14.3. The quantitative estimate of drug-likeness (QED) is 0.481. The lowest BCUT2D eigenvalue weighted by Gasteiger charge is -2.43. The topological polar surface area (TPSA) is 53.0 Å². The lowest BCUT2D eigenvalue weighted by Crippen LogP contribution is -2.52. The summed E-state index contributed by atoms with van der Waals surface area (Å²) in [5.74, 6) is -0.255. The third-order valence-electron chi connectivity index (χ3n) is 7.66. The molecule has 1 heterocycles. The Morgan fingerprint density at radius 1 is 1.03 bits per heavy atom. The van der Waals surface area contributed by atoms with Crippen molar-refractivity contribution in [3.63, 3.8) is 0 Å². The fourth-order valence-electron chi connectivity index (χ4n) is 5.45. The molecule has 190 valence electrons. The minimum atomic E-state index is -0.742. The number of nitrogens with zero attached hydrogens (tertiary/aromatic N) is 2. The van der Waals surface area contributed by atoms with Gasteiger partial charge in [0.2, 0.25) is 0 Å². The van der Waals surface area contributed by atoms with Gasteiger partial charge in [0.05, 0.1) is 12.2 Å². The highest BCUT2D eigenvalue weighted by atomic mass is 19.1.